The van der Waals surface area contributed by atoms with Crippen LogP contribution in [0.5, 0.6) is 0 Å². The number of nitrogens with zero attached hydrogens (tertiary/aromatic N) is 1. The Labute approximate surface area is 88.5 Å². The van der Waals surface area contributed by atoms with E-state index in [0.29, 0.717) is 18.0 Å². The molecule has 5 heteroatoms. The van der Waals surface area contributed by atoms with Gasteiger partial charge in [0.05, 0.1) is 17.1 Å². The van der Waals surface area contributed by atoms with Crippen molar-refractivity contribution in [2.24, 2.45) is 0 Å². The number of ether oxygens (including phenoxy) is 1. The summed E-state index contributed by atoms with van der Waals surface area (Å²) in [6, 6.07) is 8.53. The van der Waals surface area contributed by atoms with Crippen LogP contribution in [0.2, 0.25) is 0 Å². The second-order valence-electron chi connectivity index (χ2n) is 3.85. The van der Waals surface area contributed by atoms with E-state index >= 15 is 0 Å². The summed E-state index contributed by atoms with van der Waals surface area (Å²) in [6.45, 7) is 1.00. The molecule has 0 saturated carbocycles. The van der Waals surface area contributed by atoms with Crippen LogP contribution in [-0.4, -0.2) is 38.0 Å². The van der Waals surface area contributed by atoms with Gasteiger partial charge in [-0.1, -0.05) is 18.2 Å². The molecule has 80 valence electrons. The number of morpholine rings is 1. The highest BCUT2D eigenvalue weighted by Gasteiger charge is 2.50. The maximum atomic E-state index is 12.1. The van der Waals surface area contributed by atoms with E-state index in [1.54, 1.807) is 24.3 Å². The lowest BCUT2D eigenvalue weighted by molar-refractivity contribution is 0.272. The van der Waals surface area contributed by atoms with Crippen molar-refractivity contribution in [1.82, 2.24) is 4.31 Å². The molecule has 0 spiro atoms. The van der Waals surface area contributed by atoms with E-state index in [4.69, 9.17) is 4.74 Å². The molecule has 2 saturated heterocycles. The van der Waals surface area contributed by atoms with Crippen molar-refractivity contribution in [3.8, 4) is 0 Å². The Kier molecular flexibility index (Phi) is 1.89. The average Bonchev–Trinajstić information content (AvgIpc) is 2.87. The van der Waals surface area contributed by atoms with Crippen LogP contribution in [0.25, 0.3) is 0 Å². The van der Waals surface area contributed by atoms with Crippen molar-refractivity contribution < 1.29 is 13.2 Å². The topological polar surface area (TPSA) is 49.9 Å². The largest absolute Gasteiger partial charge is 0.367 e. The SMILES string of the molecule is O=S(=O)(c1ccccc1)N1CC2OC2C1. The number of hydrogen-bond donors (Lipinski definition) is 0. The molecule has 2 heterocycles. The Morgan fingerprint density at radius 3 is 2.33 bits per heavy atom. The molecule has 2 atom stereocenters. The lowest BCUT2D eigenvalue weighted by Crippen LogP contribution is -2.31. The number of epoxide rings is 1. The standard InChI is InChI=1S/C10H11NO3S/c12-15(13,8-4-2-1-3-5-8)11-6-9-10(7-11)14-9/h1-5,9-10H,6-7H2. The Hall–Kier alpha value is -0.910. The van der Waals surface area contributed by atoms with Crippen LogP contribution in [-0.2, 0) is 14.8 Å². The highest BCUT2D eigenvalue weighted by Crippen LogP contribution is 2.33. The minimum Gasteiger partial charge on any atom is -0.367 e. The number of rotatable bonds is 2. The molecule has 0 radical (unpaired) electrons. The minimum atomic E-state index is -3.29. The lowest BCUT2D eigenvalue weighted by Gasteiger charge is -2.16. The predicted molar refractivity (Wildman–Crippen MR) is 53.9 cm³/mol. The zero-order valence-electron chi connectivity index (χ0n) is 8.04. The maximum Gasteiger partial charge on any atom is 0.243 e. The zero-order valence-corrected chi connectivity index (χ0v) is 8.85. The van der Waals surface area contributed by atoms with Gasteiger partial charge in [-0.05, 0) is 12.1 Å². The zero-order chi connectivity index (χ0) is 10.5. The Morgan fingerprint density at radius 2 is 1.73 bits per heavy atom. The number of fused-ring (bicyclic) bond motifs is 1. The van der Waals surface area contributed by atoms with Crippen LogP contribution < -0.4 is 0 Å². The van der Waals surface area contributed by atoms with Crippen LogP contribution in [0, 0.1) is 0 Å². The smallest absolute Gasteiger partial charge is 0.243 e. The van der Waals surface area contributed by atoms with Gasteiger partial charge in [0, 0.05) is 13.1 Å². The summed E-state index contributed by atoms with van der Waals surface area (Å²) in [4.78, 5) is 0.367. The Balaban J connectivity index is 1.91. The van der Waals surface area contributed by atoms with Gasteiger partial charge in [-0.15, -0.1) is 0 Å². The molecule has 2 aliphatic rings. The summed E-state index contributed by atoms with van der Waals surface area (Å²) in [5, 5.41) is 0. The van der Waals surface area contributed by atoms with Gasteiger partial charge in [-0.3, -0.25) is 0 Å². The van der Waals surface area contributed by atoms with Crippen LogP contribution in [0.4, 0.5) is 0 Å². The van der Waals surface area contributed by atoms with Crippen molar-refractivity contribution >= 4 is 10.0 Å². The molecule has 2 aliphatic heterocycles. The molecular formula is C10H11NO3S. The van der Waals surface area contributed by atoms with Gasteiger partial charge in [0.15, 0.2) is 0 Å². The number of sulfonamides is 1. The van der Waals surface area contributed by atoms with Crippen molar-refractivity contribution in [3.63, 3.8) is 0 Å². The number of hydrogen-bond acceptors (Lipinski definition) is 3. The van der Waals surface area contributed by atoms with E-state index in [1.165, 1.54) is 4.31 Å². The van der Waals surface area contributed by atoms with E-state index in [9.17, 15) is 8.42 Å². The first-order valence-electron chi connectivity index (χ1n) is 4.88. The fourth-order valence-corrected chi connectivity index (χ4v) is 3.40. The van der Waals surface area contributed by atoms with Crippen molar-refractivity contribution in [3.05, 3.63) is 30.3 Å². The molecule has 3 rings (SSSR count). The Morgan fingerprint density at radius 1 is 1.13 bits per heavy atom. The second-order valence-corrected chi connectivity index (χ2v) is 5.79. The van der Waals surface area contributed by atoms with E-state index in [0.717, 1.165) is 0 Å². The summed E-state index contributed by atoms with van der Waals surface area (Å²) in [5.41, 5.74) is 0. The van der Waals surface area contributed by atoms with Gasteiger partial charge in [0.25, 0.3) is 0 Å². The van der Waals surface area contributed by atoms with Crippen molar-refractivity contribution in [2.45, 2.75) is 17.1 Å². The summed E-state index contributed by atoms with van der Waals surface area (Å²) in [5.74, 6) is 0. The van der Waals surface area contributed by atoms with E-state index < -0.39 is 10.0 Å². The molecule has 0 N–H and O–H groups in total. The maximum absolute atomic E-state index is 12.1. The molecule has 0 bridgehead atoms. The summed E-state index contributed by atoms with van der Waals surface area (Å²) >= 11 is 0. The summed E-state index contributed by atoms with van der Waals surface area (Å²) in [7, 11) is -3.29. The van der Waals surface area contributed by atoms with Crippen LogP contribution in [0.15, 0.2) is 35.2 Å². The van der Waals surface area contributed by atoms with E-state index in [2.05, 4.69) is 0 Å². The third kappa shape index (κ3) is 1.47. The molecule has 0 amide bonds. The summed E-state index contributed by atoms with van der Waals surface area (Å²) in [6.07, 6.45) is 0.284. The molecule has 15 heavy (non-hydrogen) atoms. The van der Waals surface area contributed by atoms with E-state index in [-0.39, 0.29) is 12.2 Å². The normalized spacial score (nSPS) is 30.1. The lowest BCUT2D eigenvalue weighted by atomic mass is 10.4. The van der Waals surface area contributed by atoms with E-state index in [1.807, 2.05) is 6.07 Å². The average molecular weight is 225 g/mol. The molecule has 2 fully saturated rings. The molecule has 4 nitrogen and oxygen atoms in total. The van der Waals surface area contributed by atoms with Gasteiger partial charge in [-0.25, -0.2) is 8.42 Å². The van der Waals surface area contributed by atoms with Gasteiger partial charge in [0.2, 0.25) is 10.0 Å². The fraction of sp³-hybridized carbons (Fsp3) is 0.400. The van der Waals surface area contributed by atoms with Gasteiger partial charge in [0.1, 0.15) is 0 Å². The number of benzene rings is 1. The first-order valence-corrected chi connectivity index (χ1v) is 6.32. The highest BCUT2D eigenvalue weighted by atomic mass is 32.2. The molecule has 0 aromatic heterocycles. The quantitative estimate of drug-likeness (QED) is 0.687. The molecular weight excluding hydrogens is 214 g/mol. The third-order valence-corrected chi connectivity index (χ3v) is 4.68. The van der Waals surface area contributed by atoms with Crippen LogP contribution in [0.3, 0.4) is 0 Å². The fourth-order valence-electron chi connectivity index (χ4n) is 1.91. The van der Waals surface area contributed by atoms with Crippen molar-refractivity contribution in [1.29, 1.82) is 0 Å². The highest BCUT2D eigenvalue weighted by molar-refractivity contribution is 7.89. The van der Waals surface area contributed by atoms with Crippen molar-refractivity contribution in [2.75, 3.05) is 13.1 Å². The van der Waals surface area contributed by atoms with Gasteiger partial charge < -0.3 is 4.74 Å². The van der Waals surface area contributed by atoms with Gasteiger partial charge >= 0.3 is 0 Å². The molecule has 0 aliphatic carbocycles. The monoisotopic (exact) mass is 225 g/mol. The first kappa shape index (κ1) is 9.33. The predicted octanol–water partition coefficient (Wildman–Crippen LogP) is 0.458. The molecule has 1 aromatic carbocycles. The molecule has 1 aromatic rings. The molecule has 2 unspecified atom stereocenters. The Bertz CT molecular complexity index is 461. The third-order valence-electron chi connectivity index (χ3n) is 2.84. The van der Waals surface area contributed by atoms with Gasteiger partial charge in [-0.2, -0.15) is 4.31 Å². The second kappa shape index (κ2) is 3.04. The minimum absolute atomic E-state index is 0.142. The van der Waals surface area contributed by atoms with Crippen LogP contribution >= 0.6 is 0 Å². The van der Waals surface area contributed by atoms with Crippen LogP contribution in [0.1, 0.15) is 0 Å². The summed E-state index contributed by atoms with van der Waals surface area (Å²) < 4.78 is 30.9. The first-order chi connectivity index (χ1) is 7.18.